The van der Waals surface area contributed by atoms with Gasteiger partial charge in [-0.15, -0.1) is 0 Å². The zero-order chi connectivity index (χ0) is 16.2. The first-order chi connectivity index (χ1) is 11.1. The van der Waals surface area contributed by atoms with Crippen LogP contribution in [0, 0.1) is 0 Å². The van der Waals surface area contributed by atoms with Gasteiger partial charge in [0.1, 0.15) is 13.2 Å². The van der Waals surface area contributed by atoms with Crippen molar-refractivity contribution in [3.63, 3.8) is 0 Å². The predicted octanol–water partition coefficient (Wildman–Crippen LogP) is 0.560. The Bertz CT molecular complexity index is 597. The molecular formula is C16H21N3O4. The first-order valence-corrected chi connectivity index (χ1v) is 7.79. The van der Waals surface area contributed by atoms with E-state index in [-0.39, 0.29) is 11.8 Å². The van der Waals surface area contributed by atoms with Crippen LogP contribution in [0.1, 0.15) is 6.92 Å². The van der Waals surface area contributed by atoms with Crippen LogP contribution in [0.2, 0.25) is 0 Å². The number of nitrogens with zero attached hydrogens (tertiary/aromatic N) is 2. The molecule has 0 aromatic heterocycles. The lowest BCUT2D eigenvalue weighted by Crippen LogP contribution is -2.49. The number of amides is 2. The Balaban J connectivity index is 1.51. The summed E-state index contributed by atoms with van der Waals surface area (Å²) in [6.45, 7) is 5.74. The fourth-order valence-corrected chi connectivity index (χ4v) is 2.75. The normalized spacial score (nSPS) is 17.7. The van der Waals surface area contributed by atoms with E-state index in [2.05, 4.69) is 5.32 Å². The largest absolute Gasteiger partial charge is 0.486 e. The summed E-state index contributed by atoms with van der Waals surface area (Å²) in [6.07, 6.45) is 0. The number of rotatable bonds is 3. The van der Waals surface area contributed by atoms with E-state index >= 15 is 0 Å². The predicted molar refractivity (Wildman–Crippen MR) is 84.8 cm³/mol. The molecule has 7 nitrogen and oxygen atoms in total. The topological polar surface area (TPSA) is 71.1 Å². The van der Waals surface area contributed by atoms with Gasteiger partial charge in [0.05, 0.1) is 6.54 Å². The fourth-order valence-electron chi connectivity index (χ4n) is 2.75. The second kappa shape index (κ2) is 6.87. The minimum absolute atomic E-state index is 0.0713. The standard InChI is InChI=1S/C16H21N3O4/c1-12(20)19-6-4-18(5-7-19)11-16(21)17-13-2-3-14-15(10-13)23-9-8-22-14/h2-3,10H,4-9,11H2,1H3,(H,17,21). The molecule has 0 saturated carbocycles. The van der Waals surface area contributed by atoms with Crippen molar-refractivity contribution in [2.45, 2.75) is 6.92 Å². The summed E-state index contributed by atoms with van der Waals surface area (Å²) < 4.78 is 11.0. The SMILES string of the molecule is CC(=O)N1CCN(CC(=O)Nc2ccc3c(c2)OCCO3)CC1. The number of hydrogen-bond donors (Lipinski definition) is 1. The van der Waals surface area contributed by atoms with Crippen LogP contribution in [0.3, 0.4) is 0 Å². The number of anilines is 1. The summed E-state index contributed by atoms with van der Waals surface area (Å²) in [4.78, 5) is 27.3. The van der Waals surface area contributed by atoms with Gasteiger partial charge in [0.25, 0.3) is 0 Å². The van der Waals surface area contributed by atoms with Crippen LogP contribution in [0.15, 0.2) is 18.2 Å². The molecule has 0 spiro atoms. The monoisotopic (exact) mass is 319 g/mol. The van der Waals surface area contributed by atoms with Crippen molar-refractivity contribution < 1.29 is 19.1 Å². The summed E-state index contributed by atoms with van der Waals surface area (Å²) in [7, 11) is 0. The van der Waals surface area contributed by atoms with Gasteiger partial charge < -0.3 is 19.7 Å². The van der Waals surface area contributed by atoms with Gasteiger partial charge in [-0.2, -0.15) is 0 Å². The highest BCUT2D eigenvalue weighted by Crippen LogP contribution is 2.32. The summed E-state index contributed by atoms with van der Waals surface area (Å²) in [5, 5.41) is 2.88. The molecule has 2 heterocycles. The lowest BCUT2D eigenvalue weighted by atomic mass is 10.2. The summed E-state index contributed by atoms with van der Waals surface area (Å²) in [5.41, 5.74) is 0.696. The number of benzene rings is 1. The lowest BCUT2D eigenvalue weighted by Gasteiger charge is -2.33. The Kier molecular flexibility index (Phi) is 4.66. The molecule has 0 bridgehead atoms. The first kappa shape index (κ1) is 15.6. The number of piperazine rings is 1. The van der Waals surface area contributed by atoms with Gasteiger partial charge in [0.15, 0.2) is 11.5 Å². The van der Waals surface area contributed by atoms with Crippen molar-refractivity contribution >= 4 is 17.5 Å². The van der Waals surface area contributed by atoms with Gasteiger partial charge in [0.2, 0.25) is 11.8 Å². The molecule has 0 atom stereocenters. The van der Waals surface area contributed by atoms with E-state index in [1.54, 1.807) is 30.0 Å². The minimum Gasteiger partial charge on any atom is -0.486 e. The Labute approximate surface area is 135 Å². The number of carbonyl (C=O) groups is 2. The molecule has 2 aliphatic rings. The van der Waals surface area contributed by atoms with Crippen molar-refractivity contribution in [3.05, 3.63) is 18.2 Å². The summed E-state index contributed by atoms with van der Waals surface area (Å²) in [6, 6.07) is 5.38. The Morgan fingerprint density at radius 1 is 1.09 bits per heavy atom. The van der Waals surface area contributed by atoms with Crippen molar-refractivity contribution in [1.29, 1.82) is 0 Å². The average molecular weight is 319 g/mol. The van der Waals surface area contributed by atoms with E-state index in [4.69, 9.17) is 9.47 Å². The van der Waals surface area contributed by atoms with Gasteiger partial charge in [-0.1, -0.05) is 0 Å². The Morgan fingerprint density at radius 3 is 2.48 bits per heavy atom. The number of carbonyl (C=O) groups excluding carboxylic acids is 2. The number of ether oxygens (including phenoxy) is 2. The van der Waals surface area contributed by atoms with E-state index < -0.39 is 0 Å². The molecule has 7 heteroatoms. The second-order valence-electron chi connectivity index (χ2n) is 5.69. The quantitative estimate of drug-likeness (QED) is 0.881. The van der Waals surface area contributed by atoms with Gasteiger partial charge in [-0.05, 0) is 12.1 Å². The number of nitrogens with one attached hydrogen (secondary N) is 1. The van der Waals surface area contributed by atoms with E-state index in [1.807, 2.05) is 4.90 Å². The van der Waals surface area contributed by atoms with Gasteiger partial charge in [-0.25, -0.2) is 0 Å². The maximum absolute atomic E-state index is 12.2. The minimum atomic E-state index is -0.0713. The summed E-state index contributed by atoms with van der Waals surface area (Å²) >= 11 is 0. The molecule has 1 aromatic rings. The third-order valence-corrected chi connectivity index (χ3v) is 4.01. The lowest BCUT2D eigenvalue weighted by molar-refractivity contribution is -0.130. The molecule has 23 heavy (non-hydrogen) atoms. The number of fused-ring (bicyclic) bond motifs is 1. The van der Waals surface area contributed by atoms with Gasteiger partial charge in [-0.3, -0.25) is 14.5 Å². The van der Waals surface area contributed by atoms with E-state index in [9.17, 15) is 9.59 Å². The molecule has 1 saturated heterocycles. The molecule has 3 rings (SSSR count). The second-order valence-corrected chi connectivity index (χ2v) is 5.69. The highest BCUT2D eigenvalue weighted by atomic mass is 16.6. The Hall–Kier alpha value is -2.28. The molecule has 2 amide bonds. The molecule has 0 unspecified atom stereocenters. The molecule has 1 N–H and O–H groups in total. The van der Waals surface area contributed by atoms with Crippen LogP contribution in [-0.4, -0.2) is 67.6 Å². The molecule has 2 aliphatic heterocycles. The van der Waals surface area contributed by atoms with Gasteiger partial charge >= 0.3 is 0 Å². The third-order valence-electron chi connectivity index (χ3n) is 4.01. The van der Waals surface area contributed by atoms with Crippen molar-refractivity contribution in [2.75, 3.05) is 51.3 Å². The van der Waals surface area contributed by atoms with Crippen molar-refractivity contribution in [3.8, 4) is 11.5 Å². The highest BCUT2D eigenvalue weighted by molar-refractivity contribution is 5.92. The number of hydrogen-bond acceptors (Lipinski definition) is 5. The fraction of sp³-hybridized carbons (Fsp3) is 0.500. The molecule has 1 fully saturated rings. The van der Waals surface area contributed by atoms with Crippen LogP contribution < -0.4 is 14.8 Å². The van der Waals surface area contributed by atoms with Crippen molar-refractivity contribution in [2.24, 2.45) is 0 Å². The first-order valence-electron chi connectivity index (χ1n) is 7.79. The highest BCUT2D eigenvalue weighted by Gasteiger charge is 2.20. The van der Waals surface area contributed by atoms with Crippen LogP contribution in [0.25, 0.3) is 0 Å². The van der Waals surface area contributed by atoms with Crippen molar-refractivity contribution in [1.82, 2.24) is 9.80 Å². The smallest absolute Gasteiger partial charge is 0.238 e. The van der Waals surface area contributed by atoms with Crippen LogP contribution >= 0.6 is 0 Å². The van der Waals surface area contributed by atoms with Crippen LogP contribution in [0.4, 0.5) is 5.69 Å². The zero-order valence-corrected chi connectivity index (χ0v) is 13.2. The molecule has 124 valence electrons. The maximum Gasteiger partial charge on any atom is 0.238 e. The van der Waals surface area contributed by atoms with E-state index in [1.165, 1.54) is 0 Å². The molecular weight excluding hydrogens is 298 g/mol. The third kappa shape index (κ3) is 3.92. The molecule has 1 aromatic carbocycles. The van der Waals surface area contributed by atoms with Gasteiger partial charge in [0, 0.05) is 44.9 Å². The van der Waals surface area contributed by atoms with Crippen LogP contribution in [0.5, 0.6) is 11.5 Å². The van der Waals surface area contributed by atoms with Crippen LogP contribution in [-0.2, 0) is 9.59 Å². The maximum atomic E-state index is 12.2. The molecule has 0 aliphatic carbocycles. The molecule has 0 radical (unpaired) electrons. The zero-order valence-electron chi connectivity index (χ0n) is 13.2. The van der Waals surface area contributed by atoms with E-state index in [0.717, 1.165) is 0 Å². The van der Waals surface area contributed by atoms with E-state index in [0.29, 0.717) is 63.1 Å². The summed E-state index contributed by atoms with van der Waals surface area (Å²) in [5.74, 6) is 1.38. The average Bonchev–Trinajstić information content (AvgIpc) is 2.55. The Morgan fingerprint density at radius 2 is 1.78 bits per heavy atom.